The molecule has 0 aliphatic rings. The molecule has 7 nitrogen and oxygen atoms in total. The molecule has 8 heteroatoms. The van der Waals surface area contributed by atoms with Gasteiger partial charge in [0.1, 0.15) is 10.6 Å². The quantitative estimate of drug-likeness (QED) is 0.656. The first kappa shape index (κ1) is 11.1. The number of benzene rings is 2. The second kappa shape index (κ2) is 8.00. The maximum atomic E-state index is 12.2. The molecule has 0 heterocycles. The number of aromatic carboxylic acids is 1. The van der Waals surface area contributed by atoms with Gasteiger partial charge in [0.25, 0.3) is 0 Å². The number of ether oxygens (including phenoxy) is 1. The van der Waals surface area contributed by atoms with Crippen molar-refractivity contribution in [2.75, 3.05) is 11.8 Å². The number of rotatable bonds is 8. The monoisotopic (exact) mass is 371 g/mol. The van der Waals surface area contributed by atoms with E-state index in [2.05, 4.69) is 5.32 Å². The summed E-state index contributed by atoms with van der Waals surface area (Å²) in [6.45, 7) is -5.92. The highest BCUT2D eigenvalue weighted by Gasteiger charge is 2.23. The SMILES string of the molecule is [2H]C([2H])([2H])CC([2H])([2H])C([2H])([2H])Nc1cc(C(=O)O)cc(S(N)(=O)=O)c1Oc1ccccc1. The number of nitrogens with one attached hydrogen (secondary N) is 1. The van der Waals surface area contributed by atoms with E-state index in [0.717, 1.165) is 6.07 Å². The van der Waals surface area contributed by atoms with Crippen LogP contribution in [0.15, 0.2) is 47.4 Å². The van der Waals surface area contributed by atoms with Crippen molar-refractivity contribution in [3.8, 4) is 11.5 Å². The van der Waals surface area contributed by atoms with Crippen LogP contribution in [-0.2, 0) is 10.0 Å². The van der Waals surface area contributed by atoms with Crippen LogP contribution in [0.5, 0.6) is 11.5 Å². The summed E-state index contributed by atoms with van der Waals surface area (Å²) in [5, 5.41) is 16.6. The molecule has 0 aromatic heterocycles. The van der Waals surface area contributed by atoms with Gasteiger partial charge in [-0.1, -0.05) is 31.5 Å². The Morgan fingerprint density at radius 1 is 1.36 bits per heavy atom. The third-order valence-electron chi connectivity index (χ3n) is 2.95. The van der Waals surface area contributed by atoms with Gasteiger partial charge in [-0.2, -0.15) is 0 Å². The van der Waals surface area contributed by atoms with E-state index in [9.17, 15) is 18.3 Å². The highest BCUT2D eigenvalue weighted by atomic mass is 32.2. The van der Waals surface area contributed by atoms with E-state index >= 15 is 0 Å². The number of hydrogen-bond donors (Lipinski definition) is 3. The molecule has 0 bridgehead atoms. The van der Waals surface area contributed by atoms with E-state index < -0.39 is 64.0 Å². The van der Waals surface area contributed by atoms with Gasteiger partial charge in [0.05, 0.1) is 11.3 Å². The lowest BCUT2D eigenvalue weighted by molar-refractivity contribution is 0.0696. The maximum absolute atomic E-state index is 12.2. The van der Waals surface area contributed by atoms with Gasteiger partial charge in [0, 0.05) is 16.1 Å². The van der Waals surface area contributed by atoms with Gasteiger partial charge < -0.3 is 15.2 Å². The van der Waals surface area contributed by atoms with Crippen molar-refractivity contribution in [1.29, 1.82) is 0 Å². The normalized spacial score (nSPS) is 16.9. The van der Waals surface area contributed by atoms with E-state index in [0.29, 0.717) is 6.07 Å². The first-order valence-corrected chi connectivity index (χ1v) is 8.43. The summed E-state index contributed by atoms with van der Waals surface area (Å²) in [5.41, 5.74) is -1.17. The van der Waals surface area contributed by atoms with Crippen LogP contribution in [0.4, 0.5) is 5.69 Å². The lowest BCUT2D eigenvalue weighted by Crippen LogP contribution is -2.16. The molecule has 0 aliphatic carbocycles. The lowest BCUT2D eigenvalue weighted by atomic mass is 10.1. The van der Waals surface area contributed by atoms with Crippen LogP contribution in [-0.4, -0.2) is 26.0 Å². The molecule has 134 valence electrons. The predicted octanol–water partition coefficient (Wildman–Crippen LogP) is 3.04. The summed E-state index contributed by atoms with van der Waals surface area (Å²) in [5.74, 6) is -2.07. The molecule has 0 spiro atoms. The number of para-hydroxylation sites is 1. The molecule has 0 fully saturated rings. The summed E-state index contributed by atoms with van der Waals surface area (Å²) in [4.78, 5) is 10.7. The molecule has 2 rings (SSSR count). The maximum Gasteiger partial charge on any atom is 0.335 e. The Morgan fingerprint density at radius 3 is 2.68 bits per heavy atom. The first-order valence-electron chi connectivity index (χ1n) is 10.4. The number of primary sulfonamides is 1. The highest BCUT2D eigenvalue weighted by Crippen LogP contribution is 2.37. The zero-order chi connectivity index (χ0) is 24.5. The Kier molecular flexibility index (Phi) is 3.56. The van der Waals surface area contributed by atoms with Crippen molar-refractivity contribution >= 4 is 21.7 Å². The summed E-state index contributed by atoms with van der Waals surface area (Å²) in [6, 6.07) is 9.17. The molecule has 0 radical (unpaired) electrons. The topological polar surface area (TPSA) is 119 Å². The minimum absolute atomic E-state index is 0.0922. The Hall–Kier alpha value is -2.58. The van der Waals surface area contributed by atoms with E-state index in [1.807, 2.05) is 0 Å². The van der Waals surface area contributed by atoms with Crippen LogP contribution in [0.1, 0.15) is 39.6 Å². The van der Waals surface area contributed by atoms with Gasteiger partial charge in [0.2, 0.25) is 10.0 Å². The van der Waals surface area contributed by atoms with Crippen LogP contribution in [0, 0.1) is 0 Å². The van der Waals surface area contributed by atoms with Crippen LogP contribution >= 0.6 is 0 Å². The minimum atomic E-state index is -4.59. The molecule has 25 heavy (non-hydrogen) atoms. The third kappa shape index (κ3) is 4.94. The molecule has 4 N–H and O–H groups in total. The van der Waals surface area contributed by atoms with Gasteiger partial charge in [-0.05, 0) is 30.6 Å². The fraction of sp³-hybridized carbons (Fsp3) is 0.235. The number of carboxylic acid groups (broad SMARTS) is 1. The predicted molar refractivity (Wildman–Crippen MR) is 94.7 cm³/mol. The van der Waals surface area contributed by atoms with Crippen LogP contribution in [0.25, 0.3) is 0 Å². The smallest absolute Gasteiger partial charge is 0.335 e. The van der Waals surface area contributed by atoms with Gasteiger partial charge in [-0.15, -0.1) is 0 Å². The molecule has 0 saturated carbocycles. The second-order valence-corrected chi connectivity index (χ2v) is 6.25. The van der Waals surface area contributed by atoms with Crippen LogP contribution in [0.2, 0.25) is 0 Å². The molecule has 0 aliphatic heterocycles. The van der Waals surface area contributed by atoms with Gasteiger partial charge in [-0.3, -0.25) is 0 Å². The Balaban J connectivity index is 2.70. The number of hydrogen-bond acceptors (Lipinski definition) is 5. The van der Waals surface area contributed by atoms with E-state index in [4.69, 9.17) is 19.5 Å². The Bertz CT molecular complexity index is 1110. The number of carbonyl (C=O) groups is 1. The number of sulfonamides is 1. The summed E-state index contributed by atoms with van der Waals surface area (Å²) >= 11 is 0. The molecular formula is C17H20N2O5S. The van der Waals surface area contributed by atoms with Crippen molar-refractivity contribution < 1.29 is 32.7 Å². The molecule has 0 amide bonds. The first-order chi connectivity index (χ1) is 14.4. The second-order valence-electron chi connectivity index (χ2n) is 4.72. The zero-order valence-electron chi connectivity index (χ0n) is 19.8. The average Bonchev–Trinajstić information content (AvgIpc) is 2.60. The fourth-order valence-electron chi connectivity index (χ4n) is 1.90. The van der Waals surface area contributed by atoms with Crippen molar-refractivity contribution in [3.63, 3.8) is 0 Å². The van der Waals surface area contributed by atoms with E-state index in [1.54, 1.807) is 18.2 Å². The Morgan fingerprint density at radius 2 is 2.08 bits per heavy atom. The molecular weight excluding hydrogens is 344 g/mol. The van der Waals surface area contributed by atoms with Crippen molar-refractivity contribution in [1.82, 2.24) is 0 Å². The third-order valence-corrected chi connectivity index (χ3v) is 3.86. The van der Waals surface area contributed by atoms with Crippen molar-refractivity contribution in [2.45, 2.75) is 24.5 Å². The van der Waals surface area contributed by atoms with E-state index in [1.165, 1.54) is 12.1 Å². The van der Waals surface area contributed by atoms with Crippen molar-refractivity contribution in [3.05, 3.63) is 48.0 Å². The zero-order valence-corrected chi connectivity index (χ0v) is 13.6. The molecule has 0 unspecified atom stereocenters. The van der Waals surface area contributed by atoms with Crippen molar-refractivity contribution in [2.24, 2.45) is 5.14 Å². The van der Waals surface area contributed by atoms with Gasteiger partial charge in [-0.25, -0.2) is 18.4 Å². The molecule has 2 aromatic rings. The standard InChI is InChI=1S/C17H20N2O5S/c1-2-3-9-19-14-10-12(17(20)21)11-15(25(18,22)23)16(14)24-13-7-5-4-6-8-13/h4-8,10-11,19H,2-3,9H2,1H3,(H,20,21)(H2,18,22,23)/i1D3,3D2,9D2. The number of carboxylic acids is 1. The Labute approximate surface area is 156 Å². The average molecular weight is 371 g/mol. The lowest BCUT2D eigenvalue weighted by Gasteiger charge is -2.17. The van der Waals surface area contributed by atoms with Crippen LogP contribution in [0.3, 0.4) is 0 Å². The molecule has 0 saturated heterocycles. The summed E-state index contributed by atoms with van der Waals surface area (Å²) in [6.07, 6.45) is -4.17. The van der Waals surface area contributed by atoms with Crippen LogP contribution < -0.4 is 15.2 Å². The molecule has 2 aromatic carbocycles. The highest BCUT2D eigenvalue weighted by molar-refractivity contribution is 7.89. The molecule has 0 atom stereocenters. The fourth-order valence-corrected chi connectivity index (χ4v) is 2.60. The van der Waals surface area contributed by atoms with Gasteiger partial charge >= 0.3 is 5.97 Å². The van der Waals surface area contributed by atoms with E-state index in [-0.39, 0.29) is 5.75 Å². The number of anilines is 1. The van der Waals surface area contributed by atoms with Gasteiger partial charge in [0.15, 0.2) is 5.75 Å². The minimum Gasteiger partial charge on any atom is -0.478 e. The summed E-state index contributed by atoms with van der Waals surface area (Å²) in [7, 11) is -4.59. The largest absolute Gasteiger partial charge is 0.478 e. The summed E-state index contributed by atoms with van der Waals surface area (Å²) < 4.78 is 83.6. The number of nitrogens with two attached hydrogens (primary N) is 1.